The fourth-order valence-electron chi connectivity index (χ4n) is 6.16. The highest BCUT2D eigenvalue weighted by Crippen LogP contribution is 2.40. The number of imidazole rings is 2. The van der Waals surface area contributed by atoms with Crippen LogP contribution in [0.15, 0.2) is 54.7 Å². The number of methoxy groups -OCH3 is 2. The first kappa shape index (κ1) is 38.4. The van der Waals surface area contributed by atoms with Gasteiger partial charge >= 0.3 is 18.4 Å². The maximum absolute atomic E-state index is 14.3. The Balaban J connectivity index is 1.31. The lowest BCUT2D eigenvalue weighted by Gasteiger charge is -2.26. The summed E-state index contributed by atoms with van der Waals surface area (Å²) < 4.78 is 51.9. The van der Waals surface area contributed by atoms with Crippen molar-refractivity contribution < 1.29 is 41.8 Å². The van der Waals surface area contributed by atoms with Crippen LogP contribution < -0.4 is 10.6 Å². The van der Waals surface area contributed by atoms with Gasteiger partial charge in [0.25, 0.3) is 0 Å². The summed E-state index contributed by atoms with van der Waals surface area (Å²) in [6.45, 7) is 5.15. The van der Waals surface area contributed by atoms with E-state index in [1.54, 1.807) is 51.4 Å². The lowest BCUT2D eigenvalue weighted by atomic mass is 10.0. The van der Waals surface area contributed by atoms with E-state index in [2.05, 4.69) is 40.0 Å². The third-order valence-corrected chi connectivity index (χ3v) is 9.24. The Labute approximate surface area is 303 Å². The van der Waals surface area contributed by atoms with Crippen molar-refractivity contribution in [2.24, 2.45) is 0 Å². The number of H-pyrrole nitrogens is 2. The average molecular weight is 739 g/mol. The topological polar surface area (TPSA) is 175 Å². The van der Waals surface area contributed by atoms with Gasteiger partial charge in [-0.05, 0) is 50.3 Å². The molecule has 0 aliphatic carbocycles. The van der Waals surface area contributed by atoms with Gasteiger partial charge < -0.3 is 39.9 Å². The number of aromatic nitrogens is 4. The summed E-state index contributed by atoms with van der Waals surface area (Å²) in [5.41, 5.74) is 2.06. The smallest absolute Gasteiger partial charge is 0.433 e. The van der Waals surface area contributed by atoms with Gasteiger partial charge in [0.2, 0.25) is 11.8 Å². The van der Waals surface area contributed by atoms with Gasteiger partial charge in [-0.2, -0.15) is 13.2 Å². The van der Waals surface area contributed by atoms with Crippen LogP contribution >= 0.6 is 0 Å². The van der Waals surface area contributed by atoms with E-state index in [9.17, 15) is 32.3 Å². The monoisotopic (exact) mass is 738 g/mol. The molecule has 0 saturated carbocycles. The van der Waals surface area contributed by atoms with E-state index >= 15 is 0 Å². The number of alkyl halides is 3. The molecule has 4 amide bonds. The Bertz CT molecular complexity index is 1940. The molecule has 0 bridgehead atoms. The van der Waals surface area contributed by atoms with Gasteiger partial charge in [-0.3, -0.25) is 9.59 Å². The molecule has 5 rings (SSSR count). The zero-order valence-corrected chi connectivity index (χ0v) is 30.0. The van der Waals surface area contributed by atoms with Crippen LogP contribution in [0, 0.1) is 0 Å². The van der Waals surface area contributed by atoms with Gasteiger partial charge in [0.1, 0.15) is 35.1 Å². The molecule has 4 aromatic rings. The second-order valence-electron chi connectivity index (χ2n) is 12.7. The van der Waals surface area contributed by atoms with Crippen molar-refractivity contribution in [3.63, 3.8) is 0 Å². The minimum absolute atomic E-state index is 0.0165. The summed E-state index contributed by atoms with van der Waals surface area (Å²) in [5.74, 6) is -0.226. The number of alkyl carbamates (subject to hydrolysis) is 2. The van der Waals surface area contributed by atoms with E-state index in [1.807, 2.05) is 24.3 Å². The number of amides is 4. The lowest BCUT2D eigenvalue weighted by Crippen LogP contribution is -2.46. The first-order valence-electron chi connectivity index (χ1n) is 16.8. The number of nitrogens with one attached hydrogen (secondary N) is 4. The molecule has 0 radical (unpaired) electrons. The largest absolute Gasteiger partial charge is 0.453 e. The number of nitrogens with zero attached hydrogens (tertiary/aromatic N) is 4. The van der Waals surface area contributed by atoms with Crippen LogP contribution in [0.25, 0.3) is 33.6 Å². The van der Waals surface area contributed by atoms with E-state index in [1.165, 1.54) is 30.9 Å². The molecule has 4 N–H and O–H groups in total. The number of halogens is 3. The minimum atomic E-state index is -4.74. The molecule has 53 heavy (non-hydrogen) atoms. The van der Waals surface area contributed by atoms with Gasteiger partial charge in [-0.1, -0.05) is 48.5 Å². The van der Waals surface area contributed by atoms with Crippen molar-refractivity contribution in [1.82, 2.24) is 40.4 Å². The highest BCUT2D eigenvalue weighted by Gasteiger charge is 2.41. The number of ether oxygens (including phenoxy) is 2. The Kier molecular flexibility index (Phi) is 11.4. The van der Waals surface area contributed by atoms with E-state index in [0.29, 0.717) is 30.9 Å². The molecule has 1 aliphatic heterocycles. The molecule has 282 valence electrons. The van der Waals surface area contributed by atoms with Crippen LogP contribution in [0.1, 0.15) is 63.0 Å². The zero-order chi connectivity index (χ0) is 38.6. The van der Waals surface area contributed by atoms with Gasteiger partial charge in [0.15, 0.2) is 0 Å². The predicted octanol–water partition coefficient (Wildman–Crippen LogP) is 5.82. The summed E-state index contributed by atoms with van der Waals surface area (Å²) in [7, 11) is 4.00. The predicted molar refractivity (Wildman–Crippen MR) is 187 cm³/mol. The van der Waals surface area contributed by atoms with Gasteiger partial charge in [0.05, 0.1) is 38.2 Å². The maximum Gasteiger partial charge on any atom is 0.433 e. The second-order valence-corrected chi connectivity index (χ2v) is 12.7. The number of likely N-dealkylation sites (tertiary alicyclic amines) is 1. The van der Waals surface area contributed by atoms with Crippen LogP contribution in [-0.2, 0) is 25.2 Å². The number of carbonyl (C=O) groups excluding carboxylic acids is 4. The molecule has 4 atom stereocenters. The molecule has 17 heteroatoms. The van der Waals surface area contributed by atoms with Crippen molar-refractivity contribution in [3.8, 4) is 33.6 Å². The van der Waals surface area contributed by atoms with Crippen molar-refractivity contribution in [2.75, 3.05) is 27.8 Å². The van der Waals surface area contributed by atoms with Crippen LogP contribution in [0.2, 0.25) is 0 Å². The SMILES string of the molecule is COC(=O)N[C@@H](C)C(=O)N(C)[C@@H](C)c1ncc(-c2ccc(-c3ccc(-c4nc([C@@H]5CCCN5C(=O)[C@H](C)NC(=O)OC)[nH]c4C(F)(F)F)cc3)cc2)[nH]1. The lowest BCUT2D eigenvalue weighted by molar-refractivity contribution is -0.140. The molecule has 14 nitrogen and oxygen atoms in total. The summed E-state index contributed by atoms with van der Waals surface area (Å²) in [4.78, 5) is 66.4. The second kappa shape index (κ2) is 15.8. The van der Waals surface area contributed by atoms with Crippen LogP contribution in [0.5, 0.6) is 0 Å². The molecule has 2 aromatic carbocycles. The zero-order valence-electron chi connectivity index (χ0n) is 30.0. The minimum Gasteiger partial charge on any atom is -0.453 e. The van der Waals surface area contributed by atoms with Gasteiger partial charge in [-0.15, -0.1) is 0 Å². The summed E-state index contributed by atoms with van der Waals surface area (Å²) in [6.07, 6.45) is -3.62. The number of hydrogen-bond acceptors (Lipinski definition) is 8. The summed E-state index contributed by atoms with van der Waals surface area (Å²) in [5, 5.41) is 4.86. The Morgan fingerprint density at radius 2 is 1.42 bits per heavy atom. The van der Waals surface area contributed by atoms with Crippen molar-refractivity contribution >= 4 is 24.0 Å². The van der Waals surface area contributed by atoms with Crippen molar-refractivity contribution in [1.29, 1.82) is 0 Å². The number of carbonyl (C=O) groups is 4. The van der Waals surface area contributed by atoms with Crippen LogP contribution in [0.3, 0.4) is 0 Å². The molecule has 1 aliphatic rings. The number of rotatable bonds is 10. The highest BCUT2D eigenvalue weighted by molar-refractivity contribution is 5.86. The first-order valence-corrected chi connectivity index (χ1v) is 16.8. The number of aromatic amines is 2. The quantitative estimate of drug-likeness (QED) is 0.157. The third-order valence-electron chi connectivity index (χ3n) is 9.24. The Morgan fingerprint density at radius 3 is 1.98 bits per heavy atom. The number of hydrogen-bond donors (Lipinski definition) is 4. The van der Waals surface area contributed by atoms with Gasteiger partial charge in [0, 0.05) is 19.2 Å². The van der Waals surface area contributed by atoms with E-state index in [-0.39, 0.29) is 23.0 Å². The first-order chi connectivity index (χ1) is 25.1. The molecule has 0 spiro atoms. The number of likely N-dealkylation sites (N-methyl/N-ethyl adjacent to an activating group) is 1. The summed E-state index contributed by atoms with van der Waals surface area (Å²) >= 11 is 0. The highest BCUT2D eigenvalue weighted by atomic mass is 19.4. The van der Waals surface area contributed by atoms with E-state index in [0.717, 1.165) is 16.7 Å². The Morgan fingerprint density at radius 1 is 0.868 bits per heavy atom. The molecular formula is C36H41F3N8O6. The molecule has 0 unspecified atom stereocenters. The fraction of sp³-hybridized carbons (Fsp3) is 0.389. The molecule has 2 aromatic heterocycles. The van der Waals surface area contributed by atoms with E-state index < -0.39 is 54.1 Å². The molecular weight excluding hydrogens is 697 g/mol. The summed E-state index contributed by atoms with van der Waals surface area (Å²) in [6, 6.07) is 11.2. The third kappa shape index (κ3) is 8.45. The molecule has 1 saturated heterocycles. The fourth-order valence-corrected chi connectivity index (χ4v) is 6.16. The van der Waals surface area contributed by atoms with Crippen LogP contribution in [0.4, 0.5) is 22.8 Å². The molecule has 3 heterocycles. The standard InChI is InChI=1S/C36H41F3N8O6/c1-19(41-34(50)52-5)32(48)46(4)21(3)30-40-18-26(43-30)24-13-9-22(10-14-24)23-11-15-25(16-12-23)28-29(36(37,38)39)45-31(44-28)27-8-7-17-47(27)33(49)20(2)42-35(51)53-6/h9-16,18-21,27H,7-8,17H2,1-6H3,(H,40,43)(H,41,50)(H,42,51)(H,44,45)/t19-,20-,21-,27-/m0/s1. The molecule has 1 fully saturated rings. The van der Waals surface area contributed by atoms with E-state index in [4.69, 9.17) is 0 Å². The van der Waals surface area contributed by atoms with Crippen molar-refractivity contribution in [2.45, 2.75) is 64.0 Å². The average Bonchev–Trinajstić information content (AvgIpc) is 3.94. The number of benzene rings is 2. The van der Waals surface area contributed by atoms with Crippen LogP contribution in [-0.4, -0.2) is 93.6 Å². The van der Waals surface area contributed by atoms with Crippen molar-refractivity contribution in [3.05, 3.63) is 72.1 Å². The maximum atomic E-state index is 14.3. The normalized spacial score (nSPS) is 16.0. The Hall–Kier alpha value is -5.87. The van der Waals surface area contributed by atoms with Gasteiger partial charge in [-0.25, -0.2) is 19.6 Å².